The van der Waals surface area contributed by atoms with Crippen LogP contribution in [0.3, 0.4) is 0 Å². The van der Waals surface area contributed by atoms with Crippen molar-refractivity contribution in [2.24, 2.45) is 5.92 Å². The molecule has 1 saturated heterocycles. The molecule has 30 heavy (non-hydrogen) atoms. The Balaban J connectivity index is 1.97. The molecule has 1 unspecified atom stereocenters. The smallest absolute Gasteiger partial charge is 0.220 e. The number of Topliss-reactive ketones (excluding diaryl/α,β-unsaturated/α-hetero) is 1. The summed E-state index contributed by atoms with van der Waals surface area (Å²) in [6, 6.07) is 0. The lowest BCUT2D eigenvalue weighted by Crippen LogP contribution is -2.30. The summed E-state index contributed by atoms with van der Waals surface area (Å²) in [5, 5.41) is 15.0. The van der Waals surface area contributed by atoms with Gasteiger partial charge in [0.05, 0.1) is 6.61 Å². The van der Waals surface area contributed by atoms with Crippen LogP contribution in [-0.4, -0.2) is 66.6 Å². The molecular weight excluding hydrogens is 424 g/mol. The van der Waals surface area contributed by atoms with Crippen LogP contribution in [0.4, 0.5) is 0 Å². The molecule has 0 saturated carbocycles. The van der Waals surface area contributed by atoms with Crippen molar-refractivity contribution in [1.29, 1.82) is 0 Å². The van der Waals surface area contributed by atoms with Crippen LogP contribution in [0.2, 0.25) is 0 Å². The second kappa shape index (κ2) is 17.9. The maximum atomic E-state index is 12.2. The number of unbranched alkanes of at least 4 members (excludes halogenated alkanes) is 1. The molecule has 1 aliphatic heterocycles. The molecule has 9 heteroatoms. The number of aliphatic hydroxyl groups is 1. The van der Waals surface area contributed by atoms with Crippen molar-refractivity contribution in [2.75, 3.05) is 38.7 Å². The normalized spacial score (nSPS) is 16.9. The molecule has 0 spiro atoms. The lowest BCUT2D eigenvalue weighted by Gasteiger charge is -2.11. The van der Waals surface area contributed by atoms with Crippen molar-refractivity contribution >= 4 is 39.2 Å². The van der Waals surface area contributed by atoms with E-state index < -0.39 is 0 Å². The Morgan fingerprint density at radius 1 is 1.03 bits per heavy atom. The monoisotopic (exact) mass is 462 g/mol. The fourth-order valence-electron chi connectivity index (χ4n) is 3.04. The summed E-state index contributed by atoms with van der Waals surface area (Å²) in [6.45, 7) is 3.62. The minimum atomic E-state index is -0.331. The van der Waals surface area contributed by atoms with E-state index in [9.17, 15) is 14.4 Å². The number of nitrogens with one attached hydrogen (secondary N) is 2. The molecule has 3 N–H and O–H groups in total. The summed E-state index contributed by atoms with van der Waals surface area (Å²) < 4.78 is 5.24. The topological polar surface area (TPSA) is 105 Å². The fraction of sp³-hybridized carbons (Fsp3) is 0.857. The van der Waals surface area contributed by atoms with Crippen LogP contribution in [0, 0.1) is 5.92 Å². The predicted octanol–water partition coefficient (Wildman–Crippen LogP) is 2.71. The van der Waals surface area contributed by atoms with Crippen molar-refractivity contribution < 1.29 is 24.2 Å². The van der Waals surface area contributed by atoms with Crippen molar-refractivity contribution in [1.82, 2.24) is 10.6 Å². The highest BCUT2D eigenvalue weighted by Gasteiger charge is 2.17. The third kappa shape index (κ3) is 14.3. The molecule has 1 rings (SSSR count). The Labute approximate surface area is 188 Å². The molecule has 0 radical (unpaired) electrons. The lowest BCUT2D eigenvalue weighted by molar-refractivity contribution is -0.128. The molecule has 0 aromatic carbocycles. The third-order valence-corrected chi connectivity index (χ3v) is 7.89. The third-order valence-electron chi connectivity index (χ3n) is 4.89. The molecule has 0 aromatic rings. The minimum absolute atomic E-state index is 0.0468. The van der Waals surface area contributed by atoms with E-state index in [1.165, 1.54) is 18.6 Å². The van der Waals surface area contributed by atoms with Gasteiger partial charge in [-0.25, -0.2) is 0 Å². The second-order valence-corrected chi connectivity index (χ2v) is 10.4. The number of aliphatic hydroxyl groups excluding tert-OH is 1. The fourth-order valence-corrected chi connectivity index (χ4v) is 6.07. The van der Waals surface area contributed by atoms with Gasteiger partial charge in [0.1, 0.15) is 5.78 Å². The highest BCUT2D eigenvalue weighted by atomic mass is 33.1. The van der Waals surface area contributed by atoms with Crippen LogP contribution in [0.15, 0.2) is 0 Å². The minimum Gasteiger partial charge on any atom is -0.396 e. The summed E-state index contributed by atoms with van der Waals surface area (Å²) in [7, 11) is 3.93. The molecule has 0 aliphatic carbocycles. The van der Waals surface area contributed by atoms with Crippen LogP contribution >= 0.6 is 21.6 Å². The number of rotatable bonds is 18. The summed E-state index contributed by atoms with van der Waals surface area (Å²) >= 11 is 0. The van der Waals surface area contributed by atoms with E-state index in [0.717, 1.165) is 18.1 Å². The van der Waals surface area contributed by atoms with Gasteiger partial charge in [-0.1, -0.05) is 34.9 Å². The van der Waals surface area contributed by atoms with E-state index in [1.54, 1.807) is 6.92 Å². The zero-order valence-electron chi connectivity index (χ0n) is 18.2. The Morgan fingerprint density at radius 2 is 1.83 bits per heavy atom. The number of hydrogen-bond donors (Lipinski definition) is 3. The van der Waals surface area contributed by atoms with Gasteiger partial charge in [0.2, 0.25) is 11.8 Å². The summed E-state index contributed by atoms with van der Waals surface area (Å²) in [5.41, 5.74) is 0. The van der Waals surface area contributed by atoms with Crippen LogP contribution in [-0.2, 0) is 19.1 Å². The van der Waals surface area contributed by atoms with E-state index >= 15 is 0 Å². The van der Waals surface area contributed by atoms with Crippen LogP contribution < -0.4 is 10.6 Å². The number of hydrogen-bond acceptors (Lipinski definition) is 7. The zero-order chi connectivity index (χ0) is 22.0. The molecule has 2 amide bonds. The molecule has 0 aromatic heterocycles. The van der Waals surface area contributed by atoms with Gasteiger partial charge in [0.15, 0.2) is 0 Å². The Kier molecular flexibility index (Phi) is 16.2. The Morgan fingerprint density at radius 3 is 2.57 bits per heavy atom. The first kappa shape index (κ1) is 27.3. The highest BCUT2D eigenvalue weighted by molar-refractivity contribution is 8.77. The van der Waals surface area contributed by atoms with Crippen molar-refractivity contribution in [3.8, 4) is 0 Å². The van der Waals surface area contributed by atoms with E-state index in [4.69, 9.17) is 9.84 Å². The van der Waals surface area contributed by atoms with Crippen LogP contribution in [0.25, 0.3) is 0 Å². The van der Waals surface area contributed by atoms with E-state index in [1.807, 2.05) is 21.6 Å². The van der Waals surface area contributed by atoms with Crippen molar-refractivity contribution in [2.45, 2.75) is 70.0 Å². The molecule has 1 fully saturated rings. The Hall–Kier alpha value is -0.770. The molecule has 174 valence electrons. The maximum Gasteiger partial charge on any atom is 0.220 e. The van der Waals surface area contributed by atoms with Gasteiger partial charge in [-0.15, -0.1) is 0 Å². The van der Waals surface area contributed by atoms with Crippen LogP contribution in [0.5, 0.6) is 0 Å². The first-order chi connectivity index (χ1) is 14.5. The van der Waals surface area contributed by atoms with Gasteiger partial charge in [-0.3, -0.25) is 14.4 Å². The summed E-state index contributed by atoms with van der Waals surface area (Å²) in [5.74, 6) is 0.862. The molecule has 1 aliphatic rings. The predicted molar refractivity (Wildman–Crippen MR) is 123 cm³/mol. The van der Waals surface area contributed by atoms with Crippen molar-refractivity contribution in [3.63, 3.8) is 0 Å². The average Bonchev–Trinajstić information content (AvgIpc) is 3.24. The van der Waals surface area contributed by atoms with Gasteiger partial charge in [0.25, 0.3) is 0 Å². The standard InChI is InChI=1S/C21H38N2O5S2/c1-17(16-21(27)23-11-14-28-13-5-12-24)19(25)7-4-10-22-20(26)8-3-2-6-18-9-15-29-30-18/h17-18,24H,2-16H2,1H3,(H,22,26)(H,23,27)/t17-,18?/m0/s1. The summed E-state index contributed by atoms with van der Waals surface area (Å²) in [4.78, 5) is 35.9. The maximum absolute atomic E-state index is 12.2. The highest BCUT2D eigenvalue weighted by Crippen LogP contribution is 2.39. The average molecular weight is 463 g/mol. The Bertz CT molecular complexity index is 502. The summed E-state index contributed by atoms with van der Waals surface area (Å²) in [6.07, 6.45) is 6.78. The molecule has 0 bridgehead atoms. The van der Waals surface area contributed by atoms with Crippen molar-refractivity contribution in [3.05, 3.63) is 0 Å². The molecule has 7 nitrogen and oxygen atoms in total. The van der Waals surface area contributed by atoms with E-state index in [2.05, 4.69) is 10.6 Å². The molecule has 1 heterocycles. The number of ether oxygens (including phenoxy) is 1. The van der Waals surface area contributed by atoms with Gasteiger partial charge in [-0.2, -0.15) is 0 Å². The number of amides is 2. The first-order valence-corrected chi connectivity index (χ1v) is 13.4. The van der Waals surface area contributed by atoms with Gasteiger partial charge < -0.3 is 20.5 Å². The number of carbonyl (C=O) groups is 3. The van der Waals surface area contributed by atoms with Gasteiger partial charge >= 0.3 is 0 Å². The first-order valence-electron chi connectivity index (χ1n) is 11.1. The zero-order valence-corrected chi connectivity index (χ0v) is 19.8. The molecular formula is C21H38N2O5S2. The second-order valence-electron chi connectivity index (χ2n) is 7.64. The quantitative estimate of drug-likeness (QED) is 0.212. The largest absolute Gasteiger partial charge is 0.396 e. The van der Waals surface area contributed by atoms with Gasteiger partial charge in [0, 0.05) is 62.5 Å². The number of ketones is 1. The lowest BCUT2D eigenvalue weighted by atomic mass is 9.98. The SMILES string of the molecule is C[C@@H](CC(=O)NCCOCCCO)C(=O)CCCNC(=O)CCCCC1CCSS1. The van der Waals surface area contributed by atoms with Gasteiger partial charge in [-0.05, 0) is 32.1 Å². The van der Waals surface area contributed by atoms with Crippen LogP contribution in [0.1, 0.15) is 64.7 Å². The van der Waals surface area contributed by atoms with E-state index in [0.29, 0.717) is 52.0 Å². The van der Waals surface area contributed by atoms with E-state index in [-0.39, 0.29) is 36.5 Å². The molecule has 2 atom stereocenters. The number of carbonyl (C=O) groups excluding carboxylic acids is 3.